The van der Waals surface area contributed by atoms with E-state index in [-0.39, 0.29) is 24.8 Å². The Hall–Kier alpha value is -2.77. The maximum absolute atomic E-state index is 13.5. The van der Waals surface area contributed by atoms with E-state index in [1.165, 1.54) is 9.47 Å². The fourth-order valence-corrected chi connectivity index (χ4v) is 3.96. The predicted molar refractivity (Wildman–Crippen MR) is 100 cm³/mol. The minimum absolute atomic E-state index is 0.0828. The molecule has 2 aliphatic heterocycles. The maximum atomic E-state index is 13.5. The van der Waals surface area contributed by atoms with Crippen LogP contribution in [0.3, 0.4) is 0 Å². The van der Waals surface area contributed by atoms with Gasteiger partial charge in [0.2, 0.25) is 5.91 Å². The van der Waals surface area contributed by atoms with Crippen LogP contribution in [-0.2, 0) is 17.8 Å². The zero-order valence-corrected chi connectivity index (χ0v) is 15.8. The van der Waals surface area contributed by atoms with Gasteiger partial charge in [-0.05, 0) is 26.2 Å². The number of amides is 1. The lowest BCUT2D eigenvalue weighted by Crippen LogP contribution is -2.42. The van der Waals surface area contributed by atoms with E-state index in [0.29, 0.717) is 37.2 Å². The topological polar surface area (TPSA) is 77.2 Å². The monoisotopic (exact) mass is 386 g/mol. The molecule has 0 spiro atoms. The summed E-state index contributed by atoms with van der Waals surface area (Å²) in [5.41, 5.74) is 1.11. The Morgan fingerprint density at radius 2 is 1.96 bits per heavy atom. The minimum Gasteiger partial charge on any atom is -0.338 e. The molecule has 2 aliphatic rings. The van der Waals surface area contributed by atoms with Gasteiger partial charge in [0, 0.05) is 18.5 Å². The van der Waals surface area contributed by atoms with Crippen LogP contribution in [0.15, 0.2) is 29.1 Å². The number of fused-ring (bicyclic) bond motifs is 1. The Morgan fingerprint density at radius 1 is 1.21 bits per heavy atom. The fourth-order valence-electron chi connectivity index (χ4n) is 3.96. The molecular weight excluding hydrogens is 363 g/mol. The molecule has 0 bridgehead atoms. The first kappa shape index (κ1) is 18.6. The van der Waals surface area contributed by atoms with Gasteiger partial charge in [-0.3, -0.25) is 14.2 Å². The smallest absolute Gasteiger partial charge is 0.338 e. The summed E-state index contributed by atoms with van der Waals surface area (Å²) in [4.78, 5) is 39.8. The highest BCUT2D eigenvalue weighted by molar-refractivity contribution is 5.95. The SMILES string of the molecule is Cc1ccc(C(=O)Cn2nc3n(c2=O)[C@H](C(=O)N2CC[C@H](F)C2)CCC3)cc1. The number of aryl methyl sites for hydroxylation is 2. The number of halogens is 1. The van der Waals surface area contributed by atoms with Gasteiger partial charge < -0.3 is 4.90 Å². The van der Waals surface area contributed by atoms with Gasteiger partial charge in [0.25, 0.3) is 0 Å². The zero-order valence-electron chi connectivity index (χ0n) is 15.8. The molecule has 0 radical (unpaired) electrons. The summed E-state index contributed by atoms with van der Waals surface area (Å²) in [5, 5.41) is 4.31. The number of likely N-dealkylation sites (tertiary alicyclic amines) is 1. The summed E-state index contributed by atoms with van der Waals surface area (Å²) in [5.74, 6) is 0.0788. The first-order chi connectivity index (χ1) is 13.4. The van der Waals surface area contributed by atoms with Gasteiger partial charge in [0.05, 0.1) is 6.54 Å². The highest BCUT2D eigenvalue weighted by Crippen LogP contribution is 2.26. The molecule has 3 heterocycles. The summed E-state index contributed by atoms with van der Waals surface area (Å²) < 4.78 is 16.0. The third-order valence-corrected chi connectivity index (χ3v) is 5.53. The summed E-state index contributed by atoms with van der Waals surface area (Å²) >= 11 is 0. The number of hydrogen-bond donors (Lipinski definition) is 0. The molecule has 0 N–H and O–H groups in total. The van der Waals surface area contributed by atoms with Crippen LogP contribution in [0.1, 0.15) is 47.1 Å². The van der Waals surface area contributed by atoms with E-state index in [1.54, 1.807) is 12.1 Å². The van der Waals surface area contributed by atoms with Crippen LogP contribution < -0.4 is 5.69 Å². The largest absolute Gasteiger partial charge is 0.347 e. The van der Waals surface area contributed by atoms with Crippen molar-refractivity contribution in [1.82, 2.24) is 19.2 Å². The fraction of sp³-hybridized carbons (Fsp3) is 0.500. The van der Waals surface area contributed by atoms with Gasteiger partial charge >= 0.3 is 5.69 Å². The highest BCUT2D eigenvalue weighted by Gasteiger charge is 2.36. The van der Waals surface area contributed by atoms with E-state index in [9.17, 15) is 18.8 Å². The summed E-state index contributed by atoms with van der Waals surface area (Å²) in [6.45, 7) is 2.23. The molecule has 1 aromatic heterocycles. The Kier molecular flexibility index (Phi) is 4.87. The van der Waals surface area contributed by atoms with Crippen molar-refractivity contribution in [3.8, 4) is 0 Å². The average molecular weight is 386 g/mol. The minimum atomic E-state index is -1.00. The van der Waals surface area contributed by atoms with E-state index < -0.39 is 17.9 Å². The number of alkyl halides is 1. The molecule has 1 fully saturated rings. The summed E-state index contributed by atoms with van der Waals surface area (Å²) in [6, 6.07) is 6.48. The van der Waals surface area contributed by atoms with Crippen LogP contribution in [0.5, 0.6) is 0 Å². The molecule has 0 unspecified atom stereocenters. The molecule has 1 amide bonds. The number of benzene rings is 1. The lowest BCUT2D eigenvalue weighted by atomic mass is 10.0. The lowest BCUT2D eigenvalue weighted by Gasteiger charge is -2.26. The molecule has 2 aromatic rings. The Balaban J connectivity index is 1.58. The van der Waals surface area contributed by atoms with Crippen LogP contribution >= 0.6 is 0 Å². The first-order valence-electron chi connectivity index (χ1n) is 9.65. The number of carbonyl (C=O) groups excluding carboxylic acids is 2. The van der Waals surface area contributed by atoms with E-state index >= 15 is 0 Å². The van der Waals surface area contributed by atoms with Crippen molar-refractivity contribution in [2.75, 3.05) is 13.1 Å². The van der Waals surface area contributed by atoms with E-state index in [1.807, 2.05) is 19.1 Å². The number of aromatic nitrogens is 3. The van der Waals surface area contributed by atoms with Gasteiger partial charge in [-0.2, -0.15) is 5.10 Å². The van der Waals surface area contributed by atoms with E-state index in [0.717, 1.165) is 16.7 Å². The second-order valence-electron chi connectivity index (χ2n) is 7.59. The number of ketones is 1. The van der Waals surface area contributed by atoms with Crippen molar-refractivity contribution >= 4 is 11.7 Å². The number of Topliss-reactive ketones (excluding diaryl/α,β-unsaturated/α-hetero) is 1. The molecule has 0 aliphatic carbocycles. The van der Waals surface area contributed by atoms with Gasteiger partial charge in [0.1, 0.15) is 24.6 Å². The summed E-state index contributed by atoms with van der Waals surface area (Å²) in [6.07, 6.45) is 1.17. The number of rotatable bonds is 4. The predicted octanol–water partition coefficient (Wildman–Crippen LogP) is 1.68. The Bertz CT molecular complexity index is 963. The average Bonchev–Trinajstić information content (AvgIpc) is 3.25. The molecule has 28 heavy (non-hydrogen) atoms. The molecule has 2 atom stereocenters. The molecule has 4 rings (SSSR count). The van der Waals surface area contributed by atoms with Gasteiger partial charge in [0.15, 0.2) is 5.78 Å². The van der Waals surface area contributed by atoms with Crippen LogP contribution in [0.2, 0.25) is 0 Å². The second kappa shape index (κ2) is 7.33. The lowest BCUT2D eigenvalue weighted by molar-refractivity contribution is -0.134. The van der Waals surface area contributed by atoms with E-state index in [2.05, 4.69) is 5.10 Å². The summed E-state index contributed by atoms with van der Waals surface area (Å²) in [7, 11) is 0. The molecule has 1 aromatic carbocycles. The Labute approximate surface area is 161 Å². The maximum Gasteiger partial charge on any atom is 0.347 e. The van der Waals surface area contributed by atoms with Crippen LogP contribution in [-0.4, -0.2) is 50.2 Å². The molecular formula is C20H23FN4O3. The van der Waals surface area contributed by atoms with Crippen molar-refractivity contribution in [3.63, 3.8) is 0 Å². The molecule has 8 heteroatoms. The van der Waals surface area contributed by atoms with Crippen molar-refractivity contribution in [2.45, 2.75) is 51.4 Å². The van der Waals surface area contributed by atoms with Crippen LogP contribution in [0, 0.1) is 6.92 Å². The Morgan fingerprint density at radius 3 is 2.64 bits per heavy atom. The number of carbonyl (C=O) groups is 2. The van der Waals surface area contributed by atoms with Crippen molar-refractivity contribution in [2.24, 2.45) is 0 Å². The van der Waals surface area contributed by atoms with Crippen molar-refractivity contribution in [3.05, 3.63) is 51.7 Å². The highest BCUT2D eigenvalue weighted by atomic mass is 19.1. The molecule has 1 saturated heterocycles. The standard InChI is InChI=1S/C20H23FN4O3/c1-13-5-7-14(8-6-13)17(26)12-24-20(28)25-16(3-2-4-18(25)22-24)19(27)23-10-9-15(21)11-23/h5-8,15-16H,2-4,9-12H2,1H3/t15-,16-/m0/s1. The number of hydrogen-bond acceptors (Lipinski definition) is 4. The van der Waals surface area contributed by atoms with E-state index in [4.69, 9.17) is 0 Å². The van der Waals surface area contributed by atoms with Gasteiger partial charge in [-0.1, -0.05) is 29.8 Å². The van der Waals surface area contributed by atoms with Gasteiger partial charge in [-0.25, -0.2) is 13.9 Å². The third-order valence-electron chi connectivity index (χ3n) is 5.53. The quantitative estimate of drug-likeness (QED) is 0.749. The zero-order chi connectivity index (χ0) is 19.8. The first-order valence-corrected chi connectivity index (χ1v) is 9.65. The normalized spacial score (nSPS) is 21.6. The molecule has 0 saturated carbocycles. The van der Waals surface area contributed by atoms with Crippen LogP contribution in [0.25, 0.3) is 0 Å². The van der Waals surface area contributed by atoms with Crippen LogP contribution in [0.4, 0.5) is 4.39 Å². The third kappa shape index (κ3) is 3.39. The molecule has 7 nitrogen and oxygen atoms in total. The van der Waals surface area contributed by atoms with Gasteiger partial charge in [-0.15, -0.1) is 0 Å². The number of nitrogens with zero attached hydrogens (tertiary/aromatic N) is 4. The van der Waals surface area contributed by atoms with Crippen molar-refractivity contribution in [1.29, 1.82) is 0 Å². The molecule has 148 valence electrons. The van der Waals surface area contributed by atoms with Crippen molar-refractivity contribution < 1.29 is 14.0 Å². The second-order valence-corrected chi connectivity index (χ2v) is 7.59.